The van der Waals surface area contributed by atoms with Gasteiger partial charge in [0.1, 0.15) is 11.6 Å². The molecule has 0 aromatic heterocycles. The summed E-state index contributed by atoms with van der Waals surface area (Å²) in [4.78, 5) is 26.9. The molecule has 1 atom stereocenters. The lowest BCUT2D eigenvalue weighted by Gasteiger charge is -2.30. The third kappa shape index (κ3) is 4.68. The molecule has 0 unspecified atom stereocenters. The van der Waals surface area contributed by atoms with Gasteiger partial charge in [0.2, 0.25) is 5.91 Å². The van der Waals surface area contributed by atoms with E-state index in [2.05, 4.69) is 5.32 Å². The summed E-state index contributed by atoms with van der Waals surface area (Å²) >= 11 is 0. The highest BCUT2D eigenvalue weighted by Gasteiger charge is 2.27. The van der Waals surface area contributed by atoms with Crippen LogP contribution in [-0.2, 0) is 4.79 Å². The monoisotopic (exact) mass is 384 g/mol. The van der Waals surface area contributed by atoms with Crippen molar-refractivity contribution in [3.63, 3.8) is 0 Å². The van der Waals surface area contributed by atoms with E-state index in [-0.39, 0.29) is 24.1 Å². The molecule has 0 aliphatic carbocycles. The van der Waals surface area contributed by atoms with Gasteiger partial charge in [0, 0.05) is 6.54 Å². The van der Waals surface area contributed by atoms with Gasteiger partial charge in [-0.25, -0.2) is 4.39 Å². The third-order valence-corrected chi connectivity index (χ3v) is 5.09. The second-order valence-corrected chi connectivity index (χ2v) is 6.89. The zero-order chi connectivity index (χ0) is 19.9. The van der Waals surface area contributed by atoms with E-state index in [1.807, 2.05) is 29.2 Å². The fraction of sp³-hybridized carbons (Fsp3) is 0.364. The number of rotatable bonds is 5. The zero-order valence-electron chi connectivity index (χ0n) is 16.0. The van der Waals surface area contributed by atoms with Gasteiger partial charge in [-0.15, -0.1) is 0 Å². The number of likely N-dealkylation sites (tertiary alicyclic amines) is 1. The minimum Gasteiger partial charge on any atom is -0.497 e. The SMILES string of the molecule is COc1ccc([C@H]2CCCCCN2C(=O)CNC(=O)c2ccccc2F)cc1. The maximum absolute atomic E-state index is 13.8. The minimum atomic E-state index is -0.599. The minimum absolute atomic E-state index is 0.0359. The van der Waals surface area contributed by atoms with E-state index in [1.54, 1.807) is 13.2 Å². The van der Waals surface area contributed by atoms with Crippen molar-refractivity contribution < 1.29 is 18.7 Å². The Morgan fingerprint density at radius 3 is 2.57 bits per heavy atom. The van der Waals surface area contributed by atoms with Crippen LogP contribution < -0.4 is 10.1 Å². The first kappa shape index (κ1) is 19.9. The molecule has 2 amide bonds. The molecule has 1 N–H and O–H groups in total. The number of nitrogens with one attached hydrogen (secondary N) is 1. The topological polar surface area (TPSA) is 58.6 Å². The number of halogens is 1. The van der Waals surface area contributed by atoms with Crippen LogP contribution in [0.2, 0.25) is 0 Å². The van der Waals surface area contributed by atoms with Crippen molar-refractivity contribution in [3.8, 4) is 5.75 Å². The predicted molar refractivity (Wildman–Crippen MR) is 105 cm³/mol. The maximum atomic E-state index is 13.8. The molecule has 0 saturated carbocycles. The van der Waals surface area contributed by atoms with Crippen LogP contribution in [0.15, 0.2) is 48.5 Å². The molecule has 0 bridgehead atoms. The van der Waals surface area contributed by atoms with Gasteiger partial charge in [-0.1, -0.05) is 37.1 Å². The molecule has 2 aromatic carbocycles. The summed E-state index contributed by atoms with van der Waals surface area (Å²) in [5.41, 5.74) is 0.995. The van der Waals surface area contributed by atoms with Crippen molar-refractivity contribution in [2.75, 3.05) is 20.2 Å². The molecular formula is C22H25FN2O3. The number of carbonyl (C=O) groups excluding carboxylic acids is 2. The molecule has 5 nitrogen and oxygen atoms in total. The molecule has 6 heteroatoms. The van der Waals surface area contributed by atoms with Crippen LogP contribution in [0.25, 0.3) is 0 Å². The first-order chi connectivity index (χ1) is 13.6. The summed E-state index contributed by atoms with van der Waals surface area (Å²) in [7, 11) is 1.62. The van der Waals surface area contributed by atoms with Gasteiger partial charge in [-0.2, -0.15) is 0 Å². The van der Waals surface area contributed by atoms with Crippen LogP contribution in [0.5, 0.6) is 5.75 Å². The molecule has 1 saturated heterocycles. The van der Waals surface area contributed by atoms with E-state index < -0.39 is 11.7 Å². The number of hydrogen-bond acceptors (Lipinski definition) is 3. The van der Waals surface area contributed by atoms with Crippen molar-refractivity contribution in [2.24, 2.45) is 0 Å². The van der Waals surface area contributed by atoms with Crippen LogP contribution >= 0.6 is 0 Å². The van der Waals surface area contributed by atoms with Gasteiger partial charge >= 0.3 is 0 Å². The number of hydrogen-bond donors (Lipinski definition) is 1. The van der Waals surface area contributed by atoms with Gasteiger partial charge in [0.05, 0.1) is 25.3 Å². The second-order valence-electron chi connectivity index (χ2n) is 6.89. The second kappa shape index (κ2) is 9.35. The number of benzene rings is 2. The largest absolute Gasteiger partial charge is 0.497 e. The quantitative estimate of drug-likeness (QED) is 0.855. The van der Waals surface area contributed by atoms with E-state index in [9.17, 15) is 14.0 Å². The Bertz CT molecular complexity index is 823. The first-order valence-corrected chi connectivity index (χ1v) is 9.56. The Morgan fingerprint density at radius 1 is 1.11 bits per heavy atom. The Hall–Kier alpha value is -2.89. The summed E-state index contributed by atoms with van der Waals surface area (Å²) in [6.45, 7) is 0.491. The molecule has 1 heterocycles. The van der Waals surface area contributed by atoms with Crippen molar-refractivity contribution in [2.45, 2.75) is 31.7 Å². The molecule has 0 spiro atoms. The fourth-order valence-electron chi connectivity index (χ4n) is 3.58. The van der Waals surface area contributed by atoms with Crippen molar-refractivity contribution >= 4 is 11.8 Å². The van der Waals surface area contributed by atoms with Crippen LogP contribution in [-0.4, -0.2) is 36.9 Å². The van der Waals surface area contributed by atoms with Crippen molar-refractivity contribution in [1.29, 1.82) is 0 Å². The highest BCUT2D eigenvalue weighted by Crippen LogP contribution is 2.31. The third-order valence-electron chi connectivity index (χ3n) is 5.09. The lowest BCUT2D eigenvalue weighted by Crippen LogP contribution is -2.42. The normalized spacial score (nSPS) is 16.9. The highest BCUT2D eigenvalue weighted by molar-refractivity contribution is 5.96. The zero-order valence-corrected chi connectivity index (χ0v) is 16.0. The summed E-state index contributed by atoms with van der Waals surface area (Å²) in [5, 5.41) is 2.56. The molecule has 1 aliphatic rings. The number of carbonyl (C=O) groups is 2. The predicted octanol–water partition coefficient (Wildman–Crippen LogP) is 3.71. The van der Waals surface area contributed by atoms with Gasteiger partial charge in [-0.3, -0.25) is 9.59 Å². The number of amides is 2. The number of nitrogens with zero attached hydrogens (tertiary/aromatic N) is 1. The molecule has 148 valence electrons. The van der Waals surface area contributed by atoms with E-state index in [0.29, 0.717) is 6.54 Å². The van der Waals surface area contributed by atoms with Gasteiger partial charge in [-0.05, 0) is 42.7 Å². The van der Waals surface area contributed by atoms with Crippen LogP contribution in [0.3, 0.4) is 0 Å². The lowest BCUT2D eigenvalue weighted by atomic mass is 10.0. The molecule has 1 fully saturated rings. The van der Waals surface area contributed by atoms with Crippen molar-refractivity contribution in [1.82, 2.24) is 10.2 Å². The van der Waals surface area contributed by atoms with Crippen LogP contribution in [0, 0.1) is 5.82 Å². The smallest absolute Gasteiger partial charge is 0.254 e. The van der Waals surface area contributed by atoms with Gasteiger partial charge in [0.15, 0.2) is 0 Å². The van der Waals surface area contributed by atoms with Crippen LogP contribution in [0.1, 0.15) is 47.6 Å². The van der Waals surface area contributed by atoms with Crippen LogP contribution in [0.4, 0.5) is 4.39 Å². The Kier molecular flexibility index (Phi) is 6.63. The van der Waals surface area contributed by atoms with Gasteiger partial charge in [0.25, 0.3) is 5.91 Å². The summed E-state index contributed by atoms with van der Waals surface area (Å²) in [6.07, 6.45) is 3.92. The maximum Gasteiger partial charge on any atom is 0.254 e. The van der Waals surface area contributed by atoms with E-state index in [0.717, 1.165) is 37.0 Å². The molecule has 1 aliphatic heterocycles. The summed E-state index contributed by atoms with van der Waals surface area (Å²) in [6, 6.07) is 13.5. The van der Waals surface area contributed by atoms with Crippen molar-refractivity contribution in [3.05, 3.63) is 65.5 Å². The average Bonchev–Trinajstić information content (AvgIpc) is 2.98. The van der Waals surface area contributed by atoms with E-state index >= 15 is 0 Å². The molecule has 28 heavy (non-hydrogen) atoms. The van der Waals surface area contributed by atoms with Gasteiger partial charge < -0.3 is 15.0 Å². The Labute approximate surface area is 164 Å². The number of methoxy groups -OCH3 is 1. The number of ether oxygens (including phenoxy) is 1. The fourth-order valence-corrected chi connectivity index (χ4v) is 3.58. The molecule has 2 aromatic rings. The Morgan fingerprint density at radius 2 is 1.86 bits per heavy atom. The lowest BCUT2D eigenvalue weighted by molar-refractivity contribution is -0.132. The molecule has 0 radical (unpaired) electrons. The van der Waals surface area contributed by atoms with E-state index in [1.165, 1.54) is 18.2 Å². The standard InChI is InChI=1S/C22H25FN2O3/c1-28-17-12-10-16(11-13-17)20-9-3-2-6-14-25(20)21(26)15-24-22(27)18-7-4-5-8-19(18)23/h4-5,7-8,10-13,20H,2-3,6,9,14-15H2,1H3,(H,24,27)/t20-/m1/s1. The Balaban J connectivity index is 1.69. The summed E-state index contributed by atoms with van der Waals surface area (Å²) < 4.78 is 19.0. The molecule has 3 rings (SSSR count). The first-order valence-electron chi connectivity index (χ1n) is 9.56. The molecular weight excluding hydrogens is 359 g/mol. The van der Waals surface area contributed by atoms with E-state index in [4.69, 9.17) is 4.74 Å². The highest BCUT2D eigenvalue weighted by atomic mass is 19.1. The average molecular weight is 384 g/mol. The summed E-state index contributed by atoms with van der Waals surface area (Å²) in [5.74, 6) is -0.569.